The van der Waals surface area contributed by atoms with E-state index in [9.17, 15) is 15.3 Å². The van der Waals surface area contributed by atoms with E-state index in [1.807, 2.05) is 7.05 Å². The van der Waals surface area contributed by atoms with Crippen molar-refractivity contribution >= 4 is 0 Å². The first-order valence-corrected chi connectivity index (χ1v) is 8.23. The zero-order valence-corrected chi connectivity index (χ0v) is 14.5. The molecular formula is C19H21NO5. The van der Waals surface area contributed by atoms with Gasteiger partial charge in [-0.15, -0.1) is 0 Å². The molecule has 0 bridgehead atoms. The summed E-state index contributed by atoms with van der Waals surface area (Å²) in [5.41, 5.74) is 4.34. The van der Waals surface area contributed by atoms with E-state index in [-0.39, 0.29) is 29.0 Å². The summed E-state index contributed by atoms with van der Waals surface area (Å²) in [6.45, 7) is 0.862. The third-order valence-electron chi connectivity index (χ3n) is 5.42. The first kappa shape index (κ1) is 15.9. The van der Waals surface area contributed by atoms with Gasteiger partial charge in [-0.05, 0) is 48.7 Å². The molecule has 1 heterocycles. The number of ether oxygens (including phenoxy) is 2. The summed E-state index contributed by atoms with van der Waals surface area (Å²) in [6, 6.07) is 3.53. The van der Waals surface area contributed by atoms with Gasteiger partial charge in [0.15, 0.2) is 23.0 Å². The number of aromatic hydroxyl groups is 3. The van der Waals surface area contributed by atoms with Gasteiger partial charge in [0.1, 0.15) is 0 Å². The Labute approximate surface area is 145 Å². The monoisotopic (exact) mass is 343 g/mol. The SMILES string of the molecule is COc1cc2c(c(O)c1O)CC1c3c(cc(O)c(OC)c3-2)CCN1C. The lowest BCUT2D eigenvalue weighted by atomic mass is 9.76. The van der Waals surface area contributed by atoms with Crippen molar-refractivity contribution in [2.45, 2.75) is 18.9 Å². The Kier molecular flexibility index (Phi) is 3.47. The third-order valence-corrected chi connectivity index (χ3v) is 5.42. The lowest BCUT2D eigenvalue weighted by molar-refractivity contribution is 0.224. The highest BCUT2D eigenvalue weighted by molar-refractivity contribution is 5.86. The van der Waals surface area contributed by atoms with Gasteiger partial charge in [0.2, 0.25) is 5.75 Å². The van der Waals surface area contributed by atoms with E-state index in [4.69, 9.17) is 9.47 Å². The van der Waals surface area contributed by atoms with Crippen LogP contribution in [-0.2, 0) is 12.8 Å². The Morgan fingerprint density at radius 2 is 1.84 bits per heavy atom. The van der Waals surface area contributed by atoms with E-state index in [1.54, 1.807) is 12.1 Å². The molecule has 132 valence electrons. The van der Waals surface area contributed by atoms with E-state index in [2.05, 4.69) is 4.90 Å². The van der Waals surface area contributed by atoms with Crippen LogP contribution in [0.4, 0.5) is 0 Å². The van der Waals surface area contributed by atoms with Gasteiger partial charge in [-0.2, -0.15) is 0 Å². The second-order valence-corrected chi connectivity index (χ2v) is 6.63. The first-order valence-electron chi connectivity index (χ1n) is 8.23. The maximum Gasteiger partial charge on any atom is 0.200 e. The molecular weight excluding hydrogens is 322 g/mol. The number of nitrogens with zero attached hydrogens (tertiary/aromatic N) is 1. The van der Waals surface area contributed by atoms with Gasteiger partial charge in [0.25, 0.3) is 0 Å². The number of hydrogen-bond donors (Lipinski definition) is 3. The van der Waals surface area contributed by atoms with Gasteiger partial charge >= 0.3 is 0 Å². The normalized spacial score (nSPS) is 18.4. The van der Waals surface area contributed by atoms with Crippen molar-refractivity contribution in [1.82, 2.24) is 4.90 Å². The predicted molar refractivity (Wildman–Crippen MR) is 92.8 cm³/mol. The number of fused-ring (bicyclic) bond motifs is 2. The standard InChI is InChI=1S/C19H21NO5/c1-20-5-4-9-6-13(21)19(25-3)16-10-8-14(24-2)18(23)17(22)11(10)7-12(20)15(9)16/h6,8,12,21-23H,4-5,7H2,1-3H3. The third kappa shape index (κ3) is 2.07. The van der Waals surface area contributed by atoms with E-state index < -0.39 is 0 Å². The summed E-state index contributed by atoms with van der Waals surface area (Å²) in [5.74, 6) is 0.220. The van der Waals surface area contributed by atoms with Gasteiger partial charge in [-0.3, -0.25) is 4.90 Å². The van der Waals surface area contributed by atoms with E-state index >= 15 is 0 Å². The largest absolute Gasteiger partial charge is 0.504 e. The summed E-state index contributed by atoms with van der Waals surface area (Å²) in [5, 5.41) is 31.2. The number of phenols is 3. The molecule has 0 aromatic heterocycles. The zero-order valence-electron chi connectivity index (χ0n) is 14.5. The number of rotatable bonds is 2. The highest BCUT2D eigenvalue weighted by Gasteiger charge is 2.38. The minimum absolute atomic E-state index is 0.0550. The van der Waals surface area contributed by atoms with Gasteiger partial charge in [0.05, 0.1) is 14.2 Å². The van der Waals surface area contributed by atoms with Crippen molar-refractivity contribution in [3.8, 4) is 39.9 Å². The lowest BCUT2D eigenvalue weighted by Crippen LogP contribution is -2.35. The molecule has 2 aromatic carbocycles. The van der Waals surface area contributed by atoms with Gasteiger partial charge < -0.3 is 24.8 Å². The van der Waals surface area contributed by atoms with Crippen LogP contribution < -0.4 is 9.47 Å². The molecule has 25 heavy (non-hydrogen) atoms. The van der Waals surface area contributed by atoms with Crippen molar-refractivity contribution in [2.24, 2.45) is 0 Å². The van der Waals surface area contributed by atoms with Crippen LogP contribution >= 0.6 is 0 Å². The number of hydrogen-bond acceptors (Lipinski definition) is 6. The summed E-state index contributed by atoms with van der Waals surface area (Å²) in [4.78, 5) is 2.23. The molecule has 4 rings (SSSR count). The Morgan fingerprint density at radius 1 is 1.08 bits per heavy atom. The maximum absolute atomic E-state index is 10.5. The van der Waals surface area contributed by atoms with Crippen molar-refractivity contribution in [2.75, 3.05) is 27.8 Å². The molecule has 0 amide bonds. The van der Waals surface area contributed by atoms with Crippen molar-refractivity contribution in [1.29, 1.82) is 0 Å². The van der Waals surface area contributed by atoms with Gasteiger partial charge in [-0.1, -0.05) is 0 Å². The summed E-state index contributed by atoms with van der Waals surface area (Å²) in [6.07, 6.45) is 1.41. The fourth-order valence-electron chi connectivity index (χ4n) is 4.16. The van der Waals surface area contributed by atoms with Gasteiger partial charge in [0, 0.05) is 23.7 Å². The molecule has 0 radical (unpaired) electrons. The number of likely N-dealkylation sites (N-methyl/N-ethyl adjacent to an activating group) is 1. The summed E-state index contributed by atoms with van der Waals surface area (Å²) < 4.78 is 10.7. The quantitative estimate of drug-likeness (QED) is 0.727. The molecule has 1 aliphatic heterocycles. The van der Waals surface area contributed by atoms with Crippen LogP contribution in [0.2, 0.25) is 0 Å². The molecule has 0 saturated heterocycles. The predicted octanol–water partition coefficient (Wildman–Crippen LogP) is 2.57. The molecule has 2 aliphatic rings. The van der Waals surface area contributed by atoms with Crippen LogP contribution in [-0.4, -0.2) is 48.0 Å². The molecule has 1 aliphatic carbocycles. The summed E-state index contributed by atoms with van der Waals surface area (Å²) >= 11 is 0. The Hall–Kier alpha value is -2.60. The molecule has 3 N–H and O–H groups in total. The maximum atomic E-state index is 10.5. The molecule has 0 saturated carbocycles. The number of methoxy groups -OCH3 is 2. The number of phenolic OH excluding ortho intramolecular Hbond substituents is 3. The number of benzene rings is 2. The van der Waals surface area contributed by atoms with Crippen LogP contribution in [0.3, 0.4) is 0 Å². The molecule has 2 aromatic rings. The average Bonchev–Trinajstić information content (AvgIpc) is 2.61. The Morgan fingerprint density at radius 3 is 2.52 bits per heavy atom. The molecule has 6 heteroatoms. The zero-order chi connectivity index (χ0) is 17.9. The topological polar surface area (TPSA) is 82.4 Å². The van der Waals surface area contributed by atoms with E-state index in [0.29, 0.717) is 17.7 Å². The summed E-state index contributed by atoms with van der Waals surface area (Å²) in [7, 11) is 5.00. The molecule has 0 fully saturated rings. The molecule has 6 nitrogen and oxygen atoms in total. The second kappa shape index (κ2) is 5.46. The Bertz CT molecular complexity index is 877. The molecule has 0 spiro atoms. The van der Waals surface area contributed by atoms with Crippen LogP contribution in [0.15, 0.2) is 12.1 Å². The molecule has 1 atom stereocenters. The van der Waals surface area contributed by atoms with E-state index in [0.717, 1.165) is 35.2 Å². The van der Waals surface area contributed by atoms with Crippen LogP contribution in [0.1, 0.15) is 22.7 Å². The first-order chi connectivity index (χ1) is 12.0. The van der Waals surface area contributed by atoms with Crippen molar-refractivity contribution in [3.05, 3.63) is 28.8 Å². The highest BCUT2D eigenvalue weighted by atomic mass is 16.5. The lowest BCUT2D eigenvalue weighted by Gasteiger charge is -2.40. The van der Waals surface area contributed by atoms with Crippen molar-refractivity contribution in [3.63, 3.8) is 0 Å². The van der Waals surface area contributed by atoms with Gasteiger partial charge in [-0.25, -0.2) is 0 Å². The molecule has 1 unspecified atom stereocenters. The minimum Gasteiger partial charge on any atom is -0.504 e. The van der Waals surface area contributed by atoms with Crippen molar-refractivity contribution < 1.29 is 24.8 Å². The Balaban J connectivity index is 2.12. The van der Waals surface area contributed by atoms with Crippen LogP contribution in [0.5, 0.6) is 28.7 Å². The fourth-order valence-corrected chi connectivity index (χ4v) is 4.16. The van der Waals surface area contributed by atoms with Crippen LogP contribution in [0, 0.1) is 0 Å². The smallest absolute Gasteiger partial charge is 0.200 e. The fraction of sp³-hybridized carbons (Fsp3) is 0.368. The minimum atomic E-state index is -0.262. The van der Waals surface area contributed by atoms with E-state index in [1.165, 1.54) is 14.2 Å². The second-order valence-electron chi connectivity index (χ2n) is 6.63. The average molecular weight is 343 g/mol. The highest BCUT2D eigenvalue weighted by Crippen LogP contribution is 2.56. The van der Waals surface area contributed by atoms with Crippen LogP contribution in [0.25, 0.3) is 11.1 Å².